The molecule has 4 aromatic heterocycles. The summed E-state index contributed by atoms with van der Waals surface area (Å²) in [5.41, 5.74) is 6.88. The van der Waals surface area contributed by atoms with Gasteiger partial charge in [0.2, 0.25) is 5.95 Å². The highest BCUT2D eigenvalue weighted by molar-refractivity contribution is 7.16. The molecular formula is C37H26N4S. The molecule has 0 amide bonds. The number of rotatable bonds is 3. The van der Waals surface area contributed by atoms with Crippen LogP contribution < -0.4 is 0 Å². The molecule has 0 saturated heterocycles. The molecule has 0 bridgehead atoms. The number of fused-ring (bicyclic) bond motifs is 7. The molecule has 0 saturated carbocycles. The van der Waals surface area contributed by atoms with Gasteiger partial charge in [0.25, 0.3) is 0 Å². The summed E-state index contributed by atoms with van der Waals surface area (Å²) in [5.74, 6) is 1.16. The maximum absolute atomic E-state index is 5.38. The van der Waals surface area contributed by atoms with E-state index in [9.17, 15) is 0 Å². The van der Waals surface area contributed by atoms with E-state index in [0.29, 0.717) is 11.9 Å². The highest BCUT2D eigenvalue weighted by Crippen LogP contribution is 2.40. The van der Waals surface area contributed by atoms with Crippen LogP contribution in [0.15, 0.2) is 121 Å². The van der Waals surface area contributed by atoms with E-state index in [0.717, 1.165) is 38.9 Å². The number of thiophene rings is 1. The normalized spacial score (nSPS) is 15.5. The van der Waals surface area contributed by atoms with Crippen LogP contribution in [0, 0.1) is 5.92 Å². The summed E-state index contributed by atoms with van der Waals surface area (Å²) in [5, 5.41) is 9.23. The van der Waals surface area contributed by atoms with Gasteiger partial charge in [-0.15, -0.1) is 11.3 Å². The molecule has 4 heterocycles. The lowest BCUT2D eigenvalue weighted by atomic mass is 9.99. The van der Waals surface area contributed by atoms with Crippen LogP contribution in [-0.2, 0) is 0 Å². The number of hydrogen-bond acceptors (Lipinski definition) is 3. The first kappa shape index (κ1) is 23.7. The minimum absolute atomic E-state index is 0.458. The Kier molecular flexibility index (Phi) is 5.07. The molecule has 1 aliphatic carbocycles. The van der Waals surface area contributed by atoms with Crippen molar-refractivity contribution in [1.29, 1.82) is 0 Å². The van der Waals surface area contributed by atoms with Crippen molar-refractivity contribution in [3.8, 4) is 17.2 Å². The minimum atomic E-state index is 0.458. The second kappa shape index (κ2) is 9.00. The van der Waals surface area contributed by atoms with Gasteiger partial charge in [0.15, 0.2) is 0 Å². The molecule has 0 aliphatic heterocycles. The van der Waals surface area contributed by atoms with Gasteiger partial charge >= 0.3 is 0 Å². The Balaban J connectivity index is 1.38. The average Bonchev–Trinajstić information content (AvgIpc) is 3.76. The Morgan fingerprint density at radius 1 is 0.738 bits per heavy atom. The third-order valence-electron chi connectivity index (χ3n) is 8.74. The van der Waals surface area contributed by atoms with Crippen LogP contribution in [0.2, 0.25) is 0 Å². The van der Waals surface area contributed by atoms with Gasteiger partial charge in [-0.2, -0.15) is 0 Å². The maximum atomic E-state index is 5.38. The summed E-state index contributed by atoms with van der Waals surface area (Å²) >= 11 is 1.67. The Hall–Kier alpha value is -5.00. The average molecular weight is 559 g/mol. The molecule has 4 aromatic carbocycles. The molecule has 200 valence electrons. The first-order valence-corrected chi connectivity index (χ1v) is 15.3. The lowest BCUT2D eigenvalue weighted by Gasteiger charge is -2.19. The second-order valence-corrected chi connectivity index (χ2v) is 12.0. The smallest absolute Gasteiger partial charge is 0.236 e. The number of aromatic nitrogens is 4. The highest BCUT2D eigenvalue weighted by atomic mass is 32.1. The Morgan fingerprint density at radius 2 is 1.60 bits per heavy atom. The third kappa shape index (κ3) is 3.34. The van der Waals surface area contributed by atoms with Crippen LogP contribution in [0.1, 0.15) is 13.3 Å². The first-order valence-electron chi connectivity index (χ1n) is 14.4. The summed E-state index contributed by atoms with van der Waals surface area (Å²) in [7, 11) is 0. The van der Waals surface area contributed by atoms with E-state index in [-0.39, 0.29) is 0 Å². The summed E-state index contributed by atoms with van der Waals surface area (Å²) in [4.78, 5) is 11.6. The van der Waals surface area contributed by atoms with E-state index >= 15 is 0 Å². The van der Waals surface area contributed by atoms with Gasteiger partial charge in [0, 0.05) is 44.9 Å². The van der Waals surface area contributed by atoms with E-state index in [1.54, 1.807) is 11.3 Å². The Bertz CT molecular complexity index is 2410. The van der Waals surface area contributed by atoms with Gasteiger partial charge in [-0.05, 0) is 52.9 Å². The standard InChI is InChI=1S/C37H26N4S/c1-23-9-2-6-15-31(23)40-21-19-29-32(40)18-17-28-26-13-5-7-16-33(26)41(35(28)29)37-38-34(30-20-22-42-36(30)39-37)27-14-8-11-24-10-3-4-12-25(24)27/h2-8,10-23H,9H2,1H3. The van der Waals surface area contributed by atoms with Crippen molar-refractivity contribution >= 4 is 70.7 Å². The second-order valence-electron chi connectivity index (χ2n) is 11.1. The van der Waals surface area contributed by atoms with E-state index in [2.05, 4.69) is 137 Å². The van der Waals surface area contributed by atoms with E-state index in [4.69, 9.17) is 9.97 Å². The van der Waals surface area contributed by atoms with E-state index in [1.165, 1.54) is 38.1 Å². The molecule has 1 unspecified atom stereocenters. The zero-order valence-corrected chi connectivity index (χ0v) is 23.8. The van der Waals surface area contributed by atoms with E-state index in [1.807, 2.05) is 0 Å². The number of para-hydroxylation sites is 1. The van der Waals surface area contributed by atoms with Crippen molar-refractivity contribution < 1.29 is 0 Å². The summed E-state index contributed by atoms with van der Waals surface area (Å²) in [6.07, 6.45) is 9.95. The fraction of sp³-hybridized carbons (Fsp3) is 0.0811. The molecular weight excluding hydrogens is 533 g/mol. The number of benzene rings is 4. The van der Waals surface area contributed by atoms with Crippen LogP contribution >= 0.6 is 11.3 Å². The Labute approximate surface area is 246 Å². The number of hydrogen-bond donors (Lipinski definition) is 0. The molecule has 5 heteroatoms. The molecule has 9 rings (SSSR count). The number of allylic oxidation sites excluding steroid dienone is 4. The van der Waals surface area contributed by atoms with Crippen LogP contribution in [-0.4, -0.2) is 19.1 Å². The van der Waals surface area contributed by atoms with Gasteiger partial charge in [-0.25, -0.2) is 9.97 Å². The van der Waals surface area contributed by atoms with Crippen LogP contribution in [0.3, 0.4) is 0 Å². The zero-order valence-electron chi connectivity index (χ0n) is 23.0. The van der Waals surface area contributed by atoms with Crippen molar-refractivity contribution in [2.24, 2.45) is 5.92 Å². The fourth-order valence-corrected chi connectivity index (χ4v) is 7.50. The Morgan fingerprint density at radius 3 is 2.52 bits per heavy atom. The first-order chi connectivity index (χ1) is 20.8. The van der Waals surface area contributed by atoms with Gasteiger partial charge in [-0.1, -0.05) is 85.8 Å². The predicted molar refractivity (Wildman–Crippen MR) is 177 cm³/mol. The SMILES string of the molecule is CC1CC=CC=C1n1ccc2c1ccc1c3ccccc3n(-c3nc(-c4cccc5ccccc45)c4ccsc4n3)c12. The summed E-state index contributed by atoms with van der Waals surface area (Å²) in [6.45, 7) is 2.30. The molecule has 8 aromatic rings. The molecule has 1 atom stereocenters. The molecule has 42 heavy (non-hydrogen) atoms. The predicted octanol–water partition coefficient (Wildman–Crippen LogP) is 10.0. The van der Waals surface area contributed by atoms with Gasteiger partial charge < -0.3 is 4.57 Å². The van der Waals surface area contributed by atoms with Crippen LogP contribution in [0.5, 0.6) is 0 Å². The van der Waals surface area contributed by atoms with Gasteiger partial charge in [0.05, 0.1) is 22.2 Å². The minimum Gasteiger partial charge on any atom is -0.320 e. The summed E-state index contributed by atoms with van der Waals surface area (Å²) in [6, 6.07) is 32.6. The molecule has 4 nitrogen and oxygen atoms in total. The molecule has 0 radical (unpaired) electrons. The lowest BCUT2D eigenvalue weighted by Crippen LogP contribution is -2.07. The fourth-order valence-electron chi connectivity index (χ4n) is 6.74. The molecule has 0 fully saturated rings. The largest absolute Gasteiger partial charge is 0.320 e. The quantitative estimate of drug-likeness (QED) is 0.216. The summed E-state index contributed by atoms with van der Waals surface area (Å²) < 4.78 is 4.64. The van der Waals surface area contributed by atoms with E-state index < -0.39 is 0 Å². The maximum Gasteiger partial charge on any atom is 0.236 e. The number of nitrogens with zero attached hydrogens (tertiary/aromatic N) is 4. The van der Waals surface area contributed by atoms with Crippen molar-refractivity contribution in [3.63, 3.8) is 0 Å². The topological polar surface area (TPSA) is 35.6 Å². The van der Waals surface area contributed by atoms with Gasteiger partial charge in [0.1, 0.15) is 4.83 Å². The van der Waals surface area contributed by atoms with Gasteiger partial charge in [-0.3, -0.25) is 4.57 Å². The van der Waals surface area contributed by atoms with Crippen molar-refractivity contribution in [1.82, 2.24) is 19.1 Å². The molecule has 0 spiro atoms. The van der Waals surface area contributed by atoms with Crippen molar-refractivity contribution in [2.75, 3.05) is 0 Å². The highest BCUT2D eigenvalue weighted by Gasteiger charge is 2.22. The monoisotopic (exact) mass is 558 g/mol. The third-order valence-corrected chi connectivity index (χ3v) is 9.54. The molecule has 0 N–H and O–H groups in total. The zero-order chi connectivity index (χ0) is 27.8. The van der Waals surface area contributed by atoms with Crippen molar-refractivity contribution in [2.45, 2.75) is 13.3 Å². The van der Waals surface area contributed by atoms with Crippen molar-refractivity contribution in [3.05, 3.63) is 121 Å². The lowest BCUT2D eigenvalue weighted by molar-refractivity contribution is 0.720. The van der Waals surface area contributed by atoms with Crippen LogP contribution in [0.25, 0.3) is 76.6 Å². The van der Waals surface area contributed by atoms with Crippen LogP contribution in [0.4, 0.5) is 0 Å². The molecule has 1 aliphatic rings.